The van der Waals surface area contributed by atoms with Crippen LogP contribution in [0.5, 0.6) is 11.5 Å². The molecule has 4 aromatic rings. The number of carbonyl (C=O) groups is 6. The third-order valence-electron chi connectivity index (χ3n) is 11.0. The highest BCUT2D eigenvalue weighted by Gasteiger charge is 2.33. The summed E-state index contributed by atoms with van der Waals surface area (Å²) in [5, 5.41) is 42.1. The smallest absolute Gasteiger partial charge is 0.326 e. The highest BCUT2D eigenvalue weighted by atomic mass is 16.4. The number of carboxylic acids is 1. The number of aliphatic carboxylic acids is 1. The van der Waals surface area contributed by atoms with Gasteiger partial charge in [0.05, 0.1) is 0 Å². The van der Waals surface area contributed by atoms with Crippen LogP contribution in [0.4, 0.5) is 0 Å². The average Bonchev–Trinajstić information content (AvgIpc) is 3.26. The zero-order valence-electron chi connectivity index (χ0n) is 35.3. The Bertz CT molecular complexity index is 2250. The highest BCUT2D eigenvalue weighted by Crippen LogP contribution is 2.39. The zero-order valence-corrected chi connectivity index (χ0v) is 35.3. The van der Waals surface area contributed by atoms with Crippen LogP contribution in [-0.4, -0.2) is 94.0 Å². The van der Waals surface area contributed by atoms with Crippen molar-refractivity contribution in [1.82, 2.24) is 26.2 Å². The van der Waals surface area contributed by atoms with Gasteiger partial charge in [-0.15, -0.1) is 0 Å². The first-order valence-electron chi connectivity index (χ1n) is 20.9. The summed E-state index contributed by atoms with van der Waals surface area (Å²) in [6, 6.07) is 19.0. The molecule has 4 atom stereocenters. The van der Waals surface area contributed by atoms with Gasteiger partial charge >= 0.3 is 5.97 Å². The highest BCUT2D eigenvalue weighted by molar-refractivity contribution is 5.98. The van der Waals surface area contributed by atoms with E-state index in [0.29, 0.717) is 36.9 Å². The normalized spacial score (nSPS) is 16.8. The van der Waals surface area contributed by atoms with Crippen LogP contribution in [0.1, 0.15) is 85.5 Å². The van der Waals surface area contributed by atoms with E-state index in [1.54, 1.807) is 12.1 Å². The van der Waals surface area contributed by atoms with Crippen LogP contribution in [0.2, 0.25) is 0 Å². The third kappa shape index (κ3) is 12.0. The maximum Gasteiger partial charge on any atom is 0.326 e. The summed E-state index contributed by atoms with van der Waals surface area (Å²) in [6.07, 6.45) is 4.34. The number of rotatable bonds is 16. The fourth-order valence-corrected chi connectivity index (χ4v) is 7.30. The number of benzene rings is 4. The van der Waals surface area contributed by atoms with E-state index in [2.05, 4.69) is 52.5 Å². The second-order valence-electron chi connectivity index (χ2n) is 15.6. The van der Waals surface area contributed by atoms with E-state index < -0.39 is 59.7 Å². The molecule has 62 heavy (non-hydrogen) atoms. The van der Waals surface area contributed by atoms with Gasteiger partial charge in [-0.2, -0.15) is 0 Å². The van der Waals surface area contributed by atoms with E-state index in [1.165, 1.54) is 55.9 Å². The van der Waals surface area contributed by atoms with Crippen molar-refractivity contribution >= 4 is 35.5 Å². The van der Waals surface area contributed by atoms with Crippen molar-refractivity contribution in [1.29, 1.82) is 0 Å². The van der Waals surface area contributed by atoms with Crippen molar-refractivity contribution in [2.24, 2.45) is 5.73 Å². The van der Waals surface area contributed by atoms with Crippen LogP contribution >= 0.6 is 0 Å². The molecule has 0 saturated carbocycles. The number of aryl methyl sites for hydroxylation is 1. The Morgan fingerprint density at radius 1 is 0.839 bits per heavy atom. The Labute approximate surface area is 361 Å². The summed E-state index contributed by atoms with van der Waals surface area (Å²) in [5.74, 6) is -4.92. The standard InChI is InChI=1S/C47H56N6O9/c1-4-5-8-29-10-13-31(14-11-29)32-15-17-33(18-16-32)44(58)51-37(9-6-7-23-48)45(59)49-24-22-41(56)53(3)42-34-19-21-40(55)36(27-34)35-25-30(12-20-39(35)54)26-38(47(61)62)52-43(57)28(2)50-46(42)60/h10-21,25,27-28,37-38,42,54-55H,4-9,22-24,26,48H2,1-3H3,(H,49,59)(H,50,60)(H,51,58)(H,52,57)(H,61,62). The molecule has 328 valence electrons. The molecule has 5 rings (SSSR count). The fraction of sp³-hybridized carbons (Fsp3) is 0.362. The van der Waals surface area contributed by atoms with E-state index in [-0.39, 0.29) is 47.6 Å². The van der Waals surface area contributed by atoms with Crippen LogP contribution in [-0.2, 0) is 36.8 Å². The molecule has 0 spiro atoms. The SMILES string of the molecule is CCCCc1ccc(-c2ccc(C(=O)NC(CCCCN)C(=O)NCCC(=O)N(C)C3C(=O)NC(C)C(=O)NC(C(=O)O)Cc4ccc(O)c(c4)-c4cc3ccc4O)cc2)cc1. The molecule has 5 amide bonds. The van der Waals surface area contributed by atoms with Gasteiger partial charge in [-0.05, 0) is 110 Å². The number of phenols is 2. The number of phenolic OH excluding ortho intramolecular Hbond substituents is 2. The van der Waals surface area contributed by atoms with E-state index in [4.69, 9.17) is 5.73 Å². The van der Waals surface area contributed by atoms with Crippen LogP contribution in [0.25, 0.3) is 22.3 Å². The Balaban J connectivity index is 1.29. The van der Waals surface area contributed by atoms with Gasteiger partial charge < -0.3 is 47.2 Å². The number of amides is 5. The Morgan fingerprint density at radius 2 is 1.48 bits per heavy atom. The minimum atomic E-state index is -1.39. The maximum atomic E-state index is 14.0. The van der Waals surface area contributed by atoms with Gasteiger partial charge in [-0.1, -0.05) is 61.9 Å². The van der Waals surface area contributed by atoms with Crippen LogP contribution in [0.15, 0.2) is 84.9 Å². The molecule has 0 aromatic heterocycles. The molecule has 1 aliphatic rings. The average molecular weight is 849 g/mol. The van der Waals surface area contributed by atoms with Crippen molar-refractivity contribution < 1.29 is 44.1 Å². The van der Waals surface area contributed by atoms with Crippen molar-refractivity contribution in [3.8, 4) is 33.8 Å². The molecular formula is C47H56N6O9. The number of hydrogen-bond acceptors (Lipinski definition) is 9. The Kier molecular flexibility index (Phi) is 16.2. The van der Waals surface area contributed by atoms with Crippen LogP contribution in [0.3, 0.4) is 0 Å². The van der Waals surface area contributed by atoms with E-state index in [1.807, 2.05) is 12.1 Å². The minimum Gasteiger partial charge on any atom is -0.507 e. The lowest BCUT2D eigenvalue weighted by atomic mass is 9.94. The number of hydrogen-bond donors (Lipinski definition) is 8. The Morgan fingerprint density at radius 3 is 2.13 bits per heavy atom. The summed E-state index contributed by atoms with van der Waals surface area (Å²) in [6.45, 7) is 3.79. The lowest BCUT2D eigenvalue weighted by Crippen LogP contribution is -2.53. The van der Waals surface area contributed by atoms with Gasteiger partial charge in [0, 0.05) is 43.1 Å². The van der Waals surface area contributed by atoms with Gasteiger partial charge in [0.25, 0.3) is 5.91 Å². The number of fused-ring (bicyclic) bond motifs is 5. The minimum absolute atomic E-state index is 0.111. The first-order chi connectivity index (χ1) is 29.7. The monoisotopic (exact) mass is 848 g/mol. The van der Waals surface area contributed by atoms with Gasteiger partial charge in [0.2, 0.25) is 23.6 Å². The second kappa shape index (κ2) is 21.7. The molecule has 9 N–H and O–H groups in total. The van der Waals surface area contributed by atoms with Gasteiger partial charge in [0.1, 0.15) is 35.7 Å². The van der Waals surface area contributed by atoms with Crippen molar-refractivity contribution in [2.75, 3.05) is 20.1 Å². The van der Waals surface area contributed by atoms with Gasteiger partial charge in [0.15, 0.2) is 0 Å². The topological polar surface area (TPSA) is 240 Å². The molecule has 0 fully saturated rings. The summed E-state index contributed by atoms with van der Waals surface area (Å²) in [5.41, 5.74) is 10.2. The molecule has 1 aliphatic heterocycles. The number of carboxylic acid groups (broad SMARTS) is 1. The lowest BCUT2D eigenvalue weighted by molar-refractivity contribution is -0.143. The summed E-state index contributed by atoms with van der Waals surface area (Å²) < 4.78 is 0. The summed E-state index contributed by atoms with van der Waals surface area (Å²) in [4.78, 5) is 81.0. The third-order valence-corrected chi connectivity index (χ3v) is 11.0. The first-order valence-corrected chi connectivity index (χ1v) is 20.9. The predicted molar refractivity (Wildman–Crippen MR) is 234 cm³/mol. The molecule has 4 aromatic carbocycles. The molecule has 0 saturated heterocycles. The van der Waals surface area contributed by atoms with E-state index >= 15 is 0 Å². The zero-order chi connectivity index (χ0) is 44.9. The second-order valence-corrected chi connectivity index (χ2v) is 15.6. The first kappa shape index (κ1) is 46.3. The number of nitrogens with zero attached hydrogens (tertiary/aromatic N) is 1. The fourth-order valence-electron chi connectivity index (χ4n) is 7.30. The lowest BCUT2D eigenvalue weighted by Gasteiger charge is -2.30. The molecule has 4 unspecified atom stereocenters. The molecule has 15 heteroatoms. The summed E-state index contributed by atoms with van der Waals surface area (Å²) in [7, 11) is 1.37. The largest absolute Gasteiger partial charge is 0.507 e. The molecule has 0 aliphatic carbocycles. The summed E-state index contributed by atoms with van der Waals surface area (Å²) >= 11 is 0. The number of nitrogens with one attached hydrogen (secondary N) is 4. The number of unbranched alkanes of at least 4 members (excludes halogenated alkanes) is 2. The van der Waals surface area contributed by atoms with Gasteiger partial charge in [-0.25, -0.2) is 4.79 Å². The quantitative estimate of drug-likeness (QED) is 0.0743. The molecular weight excluding hydrogens is 793 g/mol. The molecule has 1 heterocycles. The Hall–Kier alpha value is -6.74. The maximum absolute atomic E-state index is 14.0. The van der Waals surface area contributed by atoms with Crippen molar-refractivity contribution in [3.63, 3.8) is 0 Å². The molecule has 15 nitrogen and oxygen atoms in total. The van der Waals surface area contributed by atoms with Gasteiger partial charge in [-0.3, -0.25) is 24.0 Å². The number of nitrogens with two attached hydrogens (primary N) is 1. The number of aromatic hydroxyl groups is 2. The van der Waals surface area contributed by atoms with Crippen molar-refractivity contribution in [3.05, 3.63) is 107 Å². The van der Waals surface area contributed by atoms with Crippen LogP contribution < -0.4 is 27.0 Å². The van der Waals surface area contributed by atoms with E-state index in [0.717, 1.165) is 35.3 Å². The van der Waals surface area contributed by atoms with Crippen molar-refractivity contribution in [2.45, 2.75) is 89.4 Å². The number of likely N-dealkylation sites (N-methyl/N-ethyl adjacent to an activating group) is 1. The molecule has 4 bridgehead atoms. The van der Waals surface area contributed by atoms with Crippen LogP contribution in [0, 0.1) is 0 Å². The number of carbonyl (C=O) groups excluding carboxylic acids is 5. The molecule has 0 radical (unpaired) electrons. The predicted octanol–water partition coefficient (Wildman–Crippen LogP) is 4.34. The van der Waals surface area contributed by atoms with E-state index in [9.17, 15) is 44.1 Å².